The number of sulfonamides is 1. The monoisotopic (exact) mass is 466 g/mol. The topological polar surface area (TPSA) is 91.8 Å². The number of piperazine rings is 1. The van der Waals surface area contributed by atoms with E-state index in [2.05, 4.69) is 14.6 Å². The Kier molecular flexibility index (Phi) is 6.79. The lowest BCUT2D eigenvalue weighted by Gasteiger charge is -2.35. The second-order valence-electron chi connectivity index (χ2n) is 7.56. The van der Waals surface area contributed by atoms with Gasteiger partial charge >= 0.3 is 0 Å². The summed E-state index contributed by atoms with van der Waals surface area (Å²) in [4.78, 5) is 21.3. The van der Waals surface area contributed by atoms with Gasteiger partial charge in [-0.2, -0.15) is 0 Å². The molecule has 1 aliphatic rings. The molecule has 0 unspecified atom stereocenters. The molecule has 0 atom stereocenters. The summed E-state index contributed by atoms with van der Waals surface area (Å²) in [6, 6.07) is 18.6. The third-order valence-electron chi connectivity index (χ3n) is 5.35. The largest absolute Gasteiger partial charge is 0.494 e. The molecule has 2 aromatic carbocycles. The van der Waals surface area contributed by atoms with Gasteiger partial charge in [0.2, 0.25) is 0 Å². The molecule has 9 heteroatoms. The number of nitrogens with zero attached hydrogens (tertiary/aromatic N) is 3. The molecule has 172 valence electrons. The van der Waals surface area contributed by atoms with Gasteiger partial charge in [-0.05, 0) is 61.5 Å². The number of carbonyl (C=O) groups is 1. The van der Waals surface area contributed by atoms with Crippen molar-refractivity contribution in [1.29, 1.82) is 0 Å². The minimum Gasteiger partial charge on any atom is -0.494 e. The molecule has 0 aliphatic carbocycles. The van der Waals surface area contributed by atoms with Crippen molar-refractivity contribution in [2.75, 3.05) is 42.4 Å². The summed E-state index contributed by atoms with van der Waals surface area (Å²) in [6.07, 6.45) is 1.75. The maximum Gasteiger partial charge on any atom is 0.261 e. The van der Waals surface area contributed by atoms with Crippen LogP contribution in [-0.2, 0) is 10.0 Å². The van der Waals surface area contributed by atoms with Gasteiger partial charge in [0, 0.05) is 43.6 Å². The average molecular weight is 467 g/mol. The van der Waals surface area contributed by atoms with Gasteiger partial charge in [0.05, 0.1) is 11.5 Å². The summed E-state index contributed by atoms with van der Waals surface area (Å²) < 4.78 is 33.7. The van der Waals surface area contributed by atoms with Crippen LogP contribution >= 0.6 is 0 Å². The first kappa shape index (κ1) is 22.6. The summed E-state index contributed by atoms with van der Waals surface area (Å²) in [5.41, 5.74) is 0.761. The summed E-state index contributed by atoms with van der Waals surface area (Å²) in [7, 11) is -3.85. The number of aromatic nitrogens is 1. The lowest BCUT2D eigenvalue weighted by atomic mass is 10.2. The maximum atomic E-state index is 13.0. The number of rotatable bonds is 7. The third-order valence-corrected chi connectivity index (χ3v) is 6.73. The molecule has 1 fully saturated rings. The molecule has 0 saturated carbocycles. The number of benzene rings is 2. The van der Waals surface area contributed by atoms with Crippen molar-refractivity contribution in [3.8, 4) is 5.75 Å². The highest BCUT2D eigenvalue weighted by atomic mass is 32.2. The van der Waals surface area contributed by atoms with E-state index in [-0.39, 0.29) is 10.8 Å². The van der Waals surface area contributed by atoms with E-state index in [9.17, 15) is 13.2 Å². The highest BCUT2D eigenvalue weighted by Gasteiger charge is 2.24. The van der Waals surface area contributed by atoms with E-state index in [0.29, 0.717) is 49.8 Å². The van der Waals surface area contributed by atoms with Crippen molar-refractivity contribution < 1.29 is 17.9 Å². The molecule has 1 aliphatic heterocycles. The quantitative estimate of drug-likeness (QED) is 0.575. The van der Waals surface area contributed by atoms with Crippen molar-refractivity contribution in [2.45, 2.75) is 11.8 Å². The molecule has 0 spiro atoms. The summed E-state index contributed by atoms with van der Waals surface area (Å²) in [5.74, 6) is 1.36. The fraction of sp³-hybridized carbons (Fsp3) is 0.250. The van der Waals surface area contributed by atoms with Gasteiger partial charge in [-0.3, -0.25) is 9.52 Å². The molecule has 3 aromatic rings. The second-order valence-corrected chi connectivity index (χ2v) is 9.24. The van der Waals surface area contributed by atoms with Gasteiger partial charge in [-0.15, -0.1) is 0 Å². The van der Waals surface area contributed by atoms with Crippen molar-refractivity contribution in [3.63, 3.8) is 0 Å². The smallest absolute Gasteiger partial charge is 0.261 e. The van der Waals surface area contributed by atoms with Gasteiger partial charge in [-0.25, -0.2) is 13.4 Å². The normalized spacial score (nSPS) is 14.1. The van der Waals surface area contributed by atoms with Crippen LogP contribution in [0.15, 0.2) is 77.8 Å². The van der Waals surface area contributed by atoms with Gasteiger partial charge < -0.3 is 14.5 Å². The highest BCUT2D eigenvalue weighted by molar-refractivity contribution is 7.92. The number of pyridine rings is 1. The standard InChI is InChI=1S/C24H26N4O4S/c1-2-32-21-11-9-20(10-12-21)26-33(30,31)22-7-5-6-19(18-22)24(29)28-16-14-27(15-17-28)23-8-3-4-13-25-23/h3-13,18,26H,2,14-17H2,1H3. The SMILES string of the molecule is CCOc1ccc(NS(=O)(=O)c2cccc(C(=O)N3CCN(c4ccccn4)CC3)c2)cc1. The molecule has 0 bridgehead atoms. The molecular weight excluding hydrogens is 440 g/mol. The number of amides is 1. The third kappa shape index (κ3) is 5.43. The summed E-state index contributed by atoms with van der Waals surface area (Å²) in [6.45, 7) is 4.82. The predicted molar refractivity (Wildman–Crippen MR) is 127 cm³/mol. The molecule has 1 aromatic heterocycles. The first-order chi connectivity index (χ1) is 16.0. The Balaban J connectivity index is 1.43. The predicted octanol–water partition coefficient (Wildman–Crippen LogP) is 3.24. The maximum absolute atomic E-state index is 13.0. The Morgan fingerprint density at radius 3 is 2.42 bits per heavy atom. The molecule has 33 heavy (non-hydrogen) atoms. The van der Waals surface area contributed by atoms with Crippen LogP contribution in [0.25, 0.3) is 0 Å². The molecule has 2 heterocycles. The molecule has 1 saturated heterocycles. The van der Waals surface area contributed by atoms with Gasteiger partial charge in [0.1, 0.15) is 11.6 Å². The Hall–Kier alpha value is -3.59. The minimum atomic E-state index is -3.85. The molecule has 8 nitrogen and oxygen atoms in total. The number of carbonyl (C=O) groups excluding carboxylic acids is 1. The number of ether oxygens (including phenoxy) is 1. The number of nitrogens with one attached hydrogen (secondary N) is 1. The summed E-state index contributed by atoms with van der Waals surface area (Å²) >= 11 is 0. The average Bonchev–Trinajstić information content (AvgIpc) is 2.85. The number of hydrogen-bond acceptors (Lipinski definition) is 6. The van der Waals surface area contributed by atoms with E-state index in [1.54, 1.807) is 47.5 Å². The van der Waals surface area contributed by atoms with Crippen molar-refractivity contribution in [2.24, 2.45) is 0 Å². The van der Waals surface area contributed by atoms with Crippen molar-refractivity contribution >= 4 is 27.4 Å². The van der Waals surface area contributed by atoms with E-state index in [0.717, 1.165) is 5.82 Å². The summed E-state index contributed by atoms with van der Waals surface area (Å²) in [5, 5.41) is 0. The fourth-order valence-electron chi connectivity index (χ4n) is 3.66. The first-order valence-electron chi connectivity index (χ1n) is 10.8. The van der Waals surface area contributed by atoms with Gasteiger partial charge in [0.15, 0.2) is 0 Å². The van der Waals surface area contributed by atoms with E-state index in [1.165, 1.54) is 12.1 Å². The second kappa shape index (κ2) is 9.91. The van der Waals surface area contributed by atoms with Crippen LogP contribution in [0.4, 0.5) is 11.5 Å². The van der Waals surface area contributed by atoms with Crippen LogP contribution in [0.3, 0.4) is 0 Å². The number of hydrogen-bond donors (Lipinski definition) is 1. The van der Waals surface area contributed by atoms with Crippen LogP contribution in [0.1, 0.15) is 17.3 Å². The van der Waals surface area contributed by atoms with Crippen molar-refractivity contribution in [3.05, 3.63) is 78.5 Å². The first-order valence-corrected chi connectivity index (χ1v) is 12.3. The molecule has 1 N–H and O–H groups in total. The van der Waals surface area contributed by atoms with Gasteiger partial charge in [0.25, 0.3) is 15.9 Å². The molecule has 1 amide bonds. The molecular formula is C24H26N4O4S. The highest BCUT2D eigenvalue weighted by Crippen LogP contribution is 2.21. The lowest BCUT2D eigenvalue weighted by molar-refractivity contribution is 0.0746. The zero-order chi connectivity index (χ0) is 23.3. The zero-order valence-corrected chi connectivity index (χ0v) is 19.2. The van der Waals surface area contributed by atoms with Crippen LogP contribution in [0, 0.1) is 0 Å². The Labute approximate surface area is 193 Å². The van der Waals surface area contributed by atoms with Crippen LogP contribution in [0.2, 0.25) is 0 Å². The molecule has 0 radical (unpaired) electrons. The van der Waals surface area contributed by atoms with E-state index < -0.39 is 10.0 Å². The van der Waals surface area contributed by atoms with E-state index >= 15 is 0 Å². The molecule has 4 rings (SSSR count). The Bertz CT molecular complexity index is 1190. The number of anilines is 2. The van der Waals surface area contributed by atoms with Crippen LogP contribution in [0.5, 0.6) is 5.75 Å². The lowest BCUT2D eigenvalue weighted by Crippen LogP contribution is -2.49. The fourth-order valence-corrected chi connectivity index (χ4v) is 4.76. The Morgan fingerprint density at radius 1 is 1.00 bits per heavy atom. The minimum absolute atomic E-state index is 0.0364. The zero-order valence-electron chi connectivity index (χ0n) is 18.3. The van der Waals surface area contributed by atoms with E-state index in [1.807, 2.05) is 25.1 Å². The van der Waals surface area contributed by atoms with Crippen LogP contribution in [-0.4, -0.2) is 57.0 Å². The van der Waals surface area contributed by atoms with E-state index in [4.69, 9.17) is 4.74 Å². The van der Waals surface area contributed by atoms with Crippen LogP contribution < -0.4 is 14.4 Å². The Morgan fingerprint density at radius 2 is 1.76 bits per heavy atom. The van der Waals surface area contributed by atoms with Gasteiger partial charge in [-0.1, -0.05) is 12.1 Å². The van der Waals surface area contributed by atoms with Crippen molar-refractivity contribution in [1.82, 2.24) is 9.88 Å².